The van der Waals surface area contributed by atoms with Gasteiger partial charge in [0.25, 0.3) is 17.4 Å². The summed E-state index contributed by atoms with van der Waals surface area (Å²) in [6.07, 6.45) is 0. The summed E-state index contributed by atoms with van der Waals surface area (Å²) in [5, 5.41) is 22.5. The number of methoxy groups -OCH3 is 1. The molecule has 2 aromatic carbocycles. The molecule has 1 amide bonds. The fourth-order valence-corrected chi connectivity index (χ4v) is 3.83. The van der Waals surface area contributed by atoms with Crippen LogP contribution >= 0.6 is 0 Å². The van der Waals surface area contributed by atoms with Gasteiger partial charge >= 0.3 is 0 Å². The van der Waals surface area contributed by atoms with E-state index >= 15 is 0 Å². The average Bonchev–Trinajstić information content (AvgIpc) is 3.06. The molecule has 1 fully saturated rings. The molecular formula is C25H28N2O7. The smallest absolute Gasteiger partial charge is 0.295 e. The van der Waals surface area contributed by atoms with Crippen molar-refractivity contribution >= 4 is 23.1 Å². The number of carbonyl (C=O) groups excluding carboxylic acids is 2. The molecule has 0 aromatic heterocycles. The maximum atomic E-state index is 13.0. The zero-order valence-corrected chi connectivity index (χ0v) is 19.6. The highest BCUT2D eigenvalue weighted by Crippen LogP contribution is 2.40. The molecule has 0 saturated carbocycles. The summed E-state index contributed by atoms with van der Waals surface area (Å²) in [6.45, 7) is 6.65. The Kier molecular flexibility index (Phi) is 7.68. The van der Waals surface area contributed by atoms with Crippen molar-refractivity contribution in [3.05, 3.63) is 74.8 Å². The van der Waals surface area contributed by atoms with Crippen molar-refractivity contribution in [2.45, 2.75) is 26.8 Å². The molecule has 34 heavy (non-hydrogen) atoms. The molecular weight excluding hydrogens is 440 g/mol. The number of carbonyl (C=O) groups is 2. The zero-order chi connectivity index (χ0) is 25.0. The second kappa shape index (κ2) is 10.5. The van der Waals surface area contributed by atoms with Gasteiger partial charge in [0.2, 0.25) is 0 Å². The molecule has 1 aliphatic rings. The molecule has 9 heteroatoms. The average molecular weight is 469 g/mol. The van der Waals surface area contributed by atoms with Crippen molar-refractivity contribution in [2.24, 2.45) is 5.92 Å². The first kappa shape index (κ1) is 24.9. The van der Waals surface area contributed by atoms with Crippen LogP contribution in [0.25, 0.3) is 5.76 Å². The first-order valence-corrected chi connectivity index (χ1v) is 10.9. The van der Waals surface area contributed by atoms with E-state index in [2.05, 4.69) is 0 Å². The number of nitrogens with zero attached hydrogens (tertiary/aromatic N) is 2. The van der Waals surface area contributed by atoms with E-state index in [4.69, 9.17) is 9.47 Å². The lowest BCUT2D eigenvalue weighted by Crippen LogP contribution is -2.32. The van der Waals surface area contributed by atoms with Crippen LogP contribution < -0.4 is 4.74 Å². The first-order chi connectivity index (χ1) is 16.1. The number of hydrogen-bond acceptors (Lipinski definition) is 7. The second-order valence-electron chi connectivity index (χ2n) is 8.52. The lowest BCUT2D eigenvalue weighted by molar-refractivity contribution is -0.384. The Labute approximate surface area is 197 Å². The molecule has 0 radical (unpaired) electrons. The van der Waals surface area contributed by atoms with Crippen LogP contribution in [0.2, 0.25) is 0 Å². The maximum Gasteiger partial charge on any atom is 0.295 e. The molecule has 0 spiro atoms. The molecule has 0 aliphatic carbocycles. The standard InChI is InChI=1S/C25H28N2O7/c1-15(2)14-34-20-9-8-18(12-16(20)3)23(28)21-22(17-6-5-7-19(13-17)27(31)32)26(10-11-33-4)25(30)24(21)29/h5-9,12-13,15,22,28H,10-11,14H2,1-4H3/t22-/m0/s1. The van der Waals surface area contributed by atoms with Gasteiger partial charge < -0.3 is 19.5 Å². The van der Waals surface area contributed by atoms with Gasteiger partial charge in [-0.15, -0.1) is 0 Å². The van der Waals surface area contributed by atoms with E-state index < -0.39 is 22.7 Å². The summed E-state index contributed by atoms with van der Waals surface area (Å²) < 4.78 is 10.9. The molecule has 2 aromatic rings. The number of amides is 1. The van der Waals surface area contributed by atoms with Gasteiger partial charge in [-0.2, -0.15) is 0 Å². The molecule has 9 nitrogen and oxygen atoms in total. The summed E-state index contributed by atoms with van der Waals surface area (Å²) in [7, 11) is 1.46. The number of rotatable bonds is 9. The number of non-ortho nitro benzene ring substituents is 1. The maximum absolute atomic E-state index is 13.0. The number of ketones is 1. The van der Waals surface area contributed by atoms with Crippen LogP contribution in [0, 0.1) is 23.0 Å². The summed E-state index contributed by atoms with van der Waals surface area (Å²) in [5.74, 6) is -1.02. The van der Waals surface area contributed by atoms with Crippen LogP contribution in [0.1, 0.15) is 36.6 Å². The summed E-state index contributed by atoms with van der Waals surface area (Å²) >= 11 is 0. The number of likely N-dealkylation sites (tertiary alicyclic amines) is 1. The molecule has 0 unspecified atom stereocenters. The van der Waals surface area contributed by atoms with Gasteiger partial charge in [0.15, 0.2) is 0 Å². The molecule has 1 atom stereocenters. The third kappa shape index (κ3) is 5.09. The van der Waals surface area contributed by atoms with Gasteiger partial charge in [-0.05, 0) is 42.2 Å². The Balaban J connectivity index is 2.11. The van der Waals surface area contributed by atoms with Gasteiger partial charge in [0.05, 0.1) is 29.8 Å². The molecule has 1 aliphatic heterocycles. The number of benzene rings is 2. The second-order valence-corrected chi connectivity index (χ2v) is 8.52. The van der Waals surface area contributed by atoms with E-state index in [9.17, 15) is 24.8 Å². The van der Waals surface area contributed by atoms with Gasteiger partial charge in [0.1, 0.15) is 11.5 Å². The third-order valence-corrected chi connectivity index (χ3v) is 5.49. The lowest BCUT2D eigenvalue weighted by Gasteiger charge is -2.25. The number of aryl methyl sites for hydroxylation is 1. The van der Waals surface area contributed by atoms with Crippen LogP contribution in [0.5, 0.6) is 5.75 Å². The van der Waals surface area contributed by atoms with Crippen LogP contribution in [0.15, 0.2) is 48.0 Å². The highest BCUT2D eigenvalue weighted by atomic mass is 16.6. The highest BCUT2D eigenvalue weighted by Gasteiger charge is 2.46. The number of nitro groups is 1. The minimum atomic E-state index is -0.993. The largest absolute Gasteiger partial charge is 0.507 e. The van der Waals surface area contributed by atoms with Crippen molar-refractivity contribution in [1.29, 1.82) is 0 Å². The fourth-order valence-electron chi connectivity index (χ4n) is 3.83. The number of Topliss-reactive ketones (excluding diaryl/α,β-unsaturated/α-hetero) is 1. The Hall–Kier alpha value is -3.72. The fraction of sp³-hybridized carbons (Fsp3) is 0.360. The highest BCUT2D eigenvalue weighted by molar-refractivity contribution is 6.46. The Morgan fingerprint density at radius 3 is 2.56 bits per heavy atom. The molecule has 1 saturated heterocycles. The van der Waals surface area contributed by atoms with E-state index in [-0.39, 0.29) is 30.2 Å². The SMILES string of the molecule is COCCN1C(=O)C(=O)C(=C(O)c2ccc(OCC(C)C)c(C)c2)[C@@H]1c1cccc([N+](=O)[O-])c1. The molecule has 0 bridgehead atoms. The van der Waals surface area contributed by atoms with E-state index in [1.54, 1.807) is 24.3 Å². The number of ether oxygens (including phenoxy) is 2. The van der Waals surface area contributed by atoms with E-state index in [0.717, 1.165) is 5.56 Å². The number of aliphatic hydroxyl groups is 1. The van der Waals surface area contributed by atoms with Crippen molar-refractivity contribution in [3.8, 4) is 5.75 Å². The van der Waals surface area contributed by atoms with Crippen molar-refractivity contribution in [2.75, 3.05) is 26.9 Å². The number of nitro benzene ring substituents is 1. The van der Waals surface area contributed by atoms with Gasteiger partial charge in [-0.1, -0.05) is 26.0 Å². The van der Waals surface area contributed by atoms with Crippen LogP contribution in [0.3, 0.4) is 0 Å². The molecule has 1 N–H and O–H groups in total. The molecule has 180 valence electrons. The van der Waals surface area contributed by atoms with Crippen molar-refractivity contribution < 1.29 is 29.1 Å². The minimum Gasteiger partial charge on any atom is -0.507 e. The van der Waals surface area contributed by atoms with Gasteiger partial charge in [-0.3, -0.25) is 19.7 Å². The Morgan fingerprint density at radius 2 is 1.94 bits per heavy atom. The third-order valence-electron chi connectivity index (χ3n) is 5.49. The van der Waals surface area contributed by atoms with E-state index in [0.29, 0.717) is 29.4 Å². The monoisotopic (exact) mass is 468 g/mol. The van der Waals surface area contributed by atoms with Crippen LogP contribution in [-0.2, 0) is 14.3 Å². The quantitative estimate of drug-likeness (QED) is 0.194. The normalized spacial score (nSPS) is 17.4. The van der Waals surface area contributed by atoms with Crippen molar-refractivity contribution in [3.63, 3.8) is 0 Å². The number of hydrogen-bond donors (Lipinski definition) is 1. The number of aliphatic hydroxyl groups excluding tert-OH is 1. The predicted molar refractivity (Wildman–Crippen MR) is 125 cm³/mol. The van der Waals surface area contributed by atoms with Crippen LogP contribution in [-0.4, -0.2) is 53.5 Å². The first-order valence-electron chi connectivity index (χ1n) is 10.9. The lowest BCUT2D eigenvalue weighted by atomic mass is 9.94. The summed E-state index contributed by atoms with van der Waals surface area (Å²) in [4.78, 5) is 37.9. The van der Waals surface area contributed by atoms with Gasteiger partial charge in [-0.25, -0.2) is 0 Å². The van der Waals surface area contributed by atoms with Crippen LogP contribution in [0.4, 0.5) is 5.69 Å². The molecule has 1 heterocycles. The van der Waals surface area contributed by atoms with E-state index in [1.807, 2.05) is 20.8 Å². The summed E-state index contributed by atoms with van der Waals surface area (Å²) in [5.41, 5.74) is 1.13. The Morgan fingerprint density at radius 1 is 1.21 bits per heavy atom. The minimum absolute atomic E-state index is 0.0756. The predicted octanol–water partition coefficient (Wildman–Crippen LogP) is 4.01. The summed E-state index contributed by atoms with van der Waals surface area (Å²) in [6, 6.07) is 9.70. The Bertz CT molecular complexity index is 1140. The molecule has 3 rings (SSSR count). The van der Waals surface area contributed by atoms with E-state index in [1.165, 1.54) is 30.2 Å². The zero-order valence-electron chi connectivity index (χ0n) is 19.6. The van der Waals surface area contributed by atoms with Crippen molar-refractivity contribution in [1.82, 2.24) is 4.90 Å². The van der Waals surface area contributed by atoms with Gasteiger partial charge in [0, 0.05) is 31.4 Å². The topological polar surface area (TPSA) is 119 Å².